The van der Waals surface area contributed by atoms with Gasteiger partial charge in [-0.2, -0.15) is 0 Å². The Kier molecular flexibility index (Phi) is 3.82. The van der Waals surface area contributed by atoms with Crippen LogP contribution in [0, 0.1) is 6.92 Å². The molecule has 0 saturated carbocycles. The highest BCUT2D eigenvalue weighted by Gasteiger charge is 2.19. The molecule has 0 amide bonds. The Bertz CT molecular complexity index is 666. The van der Waals surface area contributed by atoms with E-state index in [4.69, 9.17) is 4.52 Å². The van der Waals surface area contributed by atoms with Crippen LogP contribution in [0.3, 0.4) is 0 Å². The largest absolute Gasteiger partial charge is 0.386 e. The van der Waals surface area contributed by atoms with E-state index < -0.39 is 10.0 Å². The number of hydrogen-bond donors (Lipinski definition) is 2. The molecule has 2 rings (SSSR count). The van der Waals surface area contributed by atoms with Crippen LogP contribution in [0.4, 0.5) is 5.69 Å². The Morgan fingerprint density at radius 2 is 2.21 bits per heavy atom. The molecule has 0 atom stereocenters. The summed E-state index contributed by atoms with van der Waals surface area (Å²) in [7, 11) is -2.06. The third-order valence-corrected chi connectivity index (χ3v) is 3.77. The van der Waals surface area contributed by atoms with Gasteiger partial charge in [0.25, 0.3) is 10.0 Å². The predicted octanol–water partition coefficient (Wildman–Crippen LogP) is 0.898. The van der Waals surface area contributed by atoms with Gasteiger partial charge in [-0.25, -0.2) is 18.1 Å². The van der Waals surface area contributed by atoms with Gasteiger partial charge in [-0.15, -0.1) is 0 Å². The Hall–Kier alpha value is -1.93. The normalized spacial score (nSPS) is 11.5. The Labute approximate surface area is 111 Å². The van der Waals surface area contributed by atoms with Crippen LogP contribution in [0.5, 0.6) is 0 Å². The van der Waals surface area contributed by atoms with Gasteiger partial charge in [0, 0.05) is 19.3 Å². The van der Waals surface area contributed by atoms with E-state index >= 15 is 0 Å². The Morgan fingerprint density at radius 1 is 1.42 bits per heavy atom. The minimum absolute atomic E-state index is 0.0438. The van der Waals surface area contributed by atoms with Gasteiger partial charge in [0.2, 0.25) is 0 Å². The van der Waals surface area contributed by atoms with Gasteiger partial charge in [0.15, 0.2) is 5.03 Å². The van der Waals surface area contributed by atoms with E-state index in [1.807, 2.05) is 0 Å². The monoisotopic (exact) mass is 282 g/mol. The fourth-order valence-electron chi connectivity index (χ4n) is 1.53. The summed E-state index contributed by atoms with van der Waals surface area (Å²) in [6.45, 7) is 1.79. The van der Waals surface area contributed by atoms with Gasteiger partial charge in [0.05, 0.1) is 17.9 Å². The number of rotatable bonds is 5. The van der Waals surface area contributed by atoms with E-state index in [2.05, 4.69) is 20.2 Å². The molecule has 102 valence electrons. The van der Waals surface area contributed by atoms with Crippen LogP contribution in [-0.4, -0.2) is 25.6 Å². The maximum Gasteiger partial charge on any atom is 0.260 e. The third-order valence-electron chi connectivity index (χ3n) is 2.42. The molecule has 0 aliphatic rings. The van der Waals surface area contributed by atoms with Crippen molar-refractivity contribution in [3.05, 3.63) is 35.9 Å². The van der Waals surface area contributed by atoms with Crippen LogP contribution in [0.2, 0.25) is 0 Å². The number of hydrogen-bond acceptors (Lipinski definition) is 6. The summed E-state index contributed by atoms with van der Waals surface area (Å²) in [6.07, 6.45) is 1.43. The fourth-order valence-corrected chi connectivity index (χ4v) is 2.67. The van der Waals surface area contributed by atoms with E-state index in [9.17, 15) is 8.42 Å². The number of aryl methyl sites for hydroxylation is 1. The summed E-state index contributed by atoms with van der Waals surface area (Å²) in [6, 6.07) is 4.97. The van der Waals surface area contributed by atoms with Crippen molar-refractivity contribution in [3.8, 4) is 0 Å². The minimum atomic E-state index is -3.70. The highest BCUT2D eigenvalue weighted by atomic mass is 32.2. The smallest absolute Gasteiger partial charge is 0.260 e. The summed E-state index contributed by atoms with van der Waals surface area (Å²) < 4.78 is 31.5. The molecule has 0 aliphatic carbocycles. The predicted molar refractivity (Wildman–Crippen MR) is 69.0 cm³/mol. The third kappa shape index (κ3) is 3.09. The molecule has 0 aliphatic heterocycles. The van der Waals surface area contributed by atoms with E-state index in [1.165, 1.54) is 6.20 Å². The average molecular weight is 282 g/mol. The van der Waals surface area contributed by atoms with Gasteiger partial charge in [-0.3, -0.25) is 0 Å². The second kappa shape index (κ2) is 5.37. The molecular formula is C11H14N4O3S. The number of nitrogens with zero attached hydrogens (tertiary/aromatic N) is 2. The zero-order chi connectivity index (χ0) is 13.9. The maximum atomic E-state index is 12.1. The van der Waals surface area contributed by atoms with E-state index in [1.54, 1.807) is 32.2 Å². The lowest BCUT2D eigenvalue weighted by Gasteiger charge is -2.08. The van der Waals surface area contributed by atoms with Crippen LogP contribution in [0.25, 0.3) is 0 Å². The van der Waals surface area contributed by atoms with Crippen LogP contribution >= 0.6 is 0 Å². The standard InChI is InChI=1S/C11H14N4O3S/c1-8-6-9(15-18-8)7-14-19(16,17)11-10(12-2)4-3-5-13-11/h3-6,12,14H,7H2,1-2H3. The van der Waals surface area contributed by atoms with Crippen molar-refractivity contribution in [1.82, 2.24) is 14.9 Å². The molecule has 0 radical (unpaired) electrons. The lowest BCUT2D eigenvalue weighted by atomic mass is 10.4. The zero-order valence-corrected chi connectivity index (χ0v) is 11.4. The first-order valence-electron chi connectivity index (χ1n) is 5.57. The SMILES string of the molecule is CNc1cccnc1S(=O)(=O)NCc1cc(C)on1. The van der Waals surface area contributed by atoms with Gasteiger partial charge in [-0.1, -0.05) is 5.16 Å². The van der Waals surface area contributed by atoms with Crippen molar-refractivity contribution in [2.75, 3.05) is 12.4 Å². The molecule has 0 fully saturated rings. The van der Waals surface area contributed by atoms with Crippen LogP contribution < -0.4 is 10.0 Å². The topological polar surface area (TPSA) is 97.1 Å². The van der Waals surface area contributed by atoms with Crippen LogP contribution in [-0.2, 0) is 16.6 Å². The first kappa shape index (κ1) is 13.5. The summed E-state index contributed by atoms with van der Waals surface area (Å²) in [5.41, 5.74) is 0.953. The first-order chi connectivity index (χ1) is 9.03. The lowest BCUT2D eigenvalue weighted by Crippen LogP contribution is -2.25. The fraction of sp³-hybridized carbons (Fsp3) is 0.273. The maximum absolute atomic E-state index is 12.1. The van der Waals surface area contributed by atoms with Crippen molar-refractivity contribution in [2.45, 2.75) is 18.5 Å². The molecule has 2 aromatic rings. The zero-order valence-electron chi connectivity index (χ0n) is 10.5. The minimum Gasteiger partial charge on any atom is -0.386 e. The second-order valence-electron chi connectivity index (χ2n) is 3.86. The number of anilines is 1. The van der Waals surface area contributed by atoms with Crippen molar-refractivity contribution in [1.29, 1.82) is 0 Å². The molecular weight excluding hydrogens is 268 g/mol. The molecule has 0 saturated heterocycles. The van der Waals surface area contributed by atoms with Gasteiger partial charge in [-0.05, 0) is 19.1 Å². The summed E-state index contributed by atoms with van der Waals surface area (Å²) in [5.74, 6) is 0.628. The Balaban J connectivity index is 2.18. The Morgan fingerprint density at radius 3 is 2.84 bits per heavy atom. The van der Waals surface area contributed by atoms with Gasteiger partial charge < -0.3 is 9.84 Å². The molecule has 2 N–H and O–H groups in total. The molecule has 0 unspecified atom stereocenters. The second-order valence-corrected chi connectivity index (χ2v) is 5.54. The van der Waals surface area contributed by atoms with Crippen molar-refractivity contribution >= 4 is 15.7 Å². The highest BCUT2D eigenvalue weighted by Crippen LogP contribution is 2.17. The van der Waals surface area contributed by atoms with Crippen molar-refractivity contribution in [3.63, 3.8) is 0 Å². The average Bonchev–Trinajstić information content (AvgIpc) is 2.82. The van der Waals surface area contributed by atoms with E-state index in [0.29, 0.717) is 17.1 Å². The molecule has 7 nitrogen and oxygen atoms in total. The number of nitrogens with one attached hydrogen (secondary N) is 2. The summed E-state index contributed by atoms with van der Waals surface area (Å²) >= 11 is 0. The van der Waals surface area contributed by atoms with Crippen molar-refractivity contribution < 1.29 is 12.9 Å². The van der Waals surface area contributed by atoms with E-state index in [-0.39, 0.29) is 11.6 Å². The van der Waals surface area contributed by atoms with Crippen LogP contribution in [0.15, 0.2) is 33.9 Å². The lowest BCUT2D eigenvalue weighted by molar-refractivity contribution is 0.390. The summed E-state index contributed by atoms with van der Waals surface area (Å²) in [4.78, 5) is 3.88. The summed E-state index contributed by atoms with van der Waals surface area (Å²) in [5, 5.41) is 6.46. The number of pyridine rings is 1. The van der Waals surface area contributed by atoms with Crippen molar-refractivity contribution in [2.24, 2.45) is 0 Å². The highest BCUT2D eigenvalue weighted by molar-refractivity contribution is 7.89. The molecule has 0 bridgehead atoms. The van der Waals surface area contributed by atoms with Crippen LogP contribution in [0.1, 0.15) is 11.5 Å². The molecule has 2 aromatic heterocycles. The van der Waals surface area contributed by atoms with E-state index in [0.717, 1.165) is 0 Å². The molecule has 19 heavy (non-hydrogen) atoms. The quantitative estimate of drug-likeness (QED) is 0.845. The molecule has 8 heteroatoms. The molecule has 2 heterocycles. The molecule has 0 spiro atoms. The van der Waals surface area contributed by atoms with Gasteiger partial charge >= 0.3 is 0 Å². The first-order valence-corrected chi connectivity index (χ1v) is 7.06. The number of aromatic nitrogens is 2. The number of sulfonamides is 1. The van der Waals surface area contributed by atoms with Gasteiger partial charge in [0.1, 0.15) is 5.76 Å². The molecule has 0 aromatic carbocycles.